The van der Waals surface area contributed by atoms with E-state index in [1.807, 2.05) is 12.1 Å². The van der Waals surface area contributed by atoms with Crippen molar-refractivity contribution in [1.29, 1.82) is 0 Å². The number of nitrogens with one attached hydrogen (secondary N) is 1. The number of aryl methyl sites for hydroxylation is 1. The van der Waals surface area contributed by atoms with Gasteiger partial charge in [0.25, 0.3) is 0 Å². The van der Waals surface area contributed by atoms with Crippen molar-refractivity contribution in [2.24, 2.45) is 0 Å². The van der Waals surface area contributed by atoms with E-state index in [0.29, 0.717) is 0 Å². The number of benzene rings is 3. The molecule has 0 unspecified atom stereocenters. The number of ether oxygens (including phenoxy) is 1. The highest BCUT2D eigenvalue weighted by atomic mass is 79.9. The molecule has 0 aliphatic carbocycles. The van der Waals surface area contributed by atoms with Gasteiger partial charge in [-0.15, -0.1) is 0 Å². The van der Waals surface area contributed by atoms with Crippen LogP contribution in [0.25, 0.3) is 32.9 Å². The Balaban J connectivity index is 2.08. The van der Waals surface area contributed by atoms with Gasteiger partial charge in [-0.1, -0.05) is 47.5 Å². The second-order valence-corrected chi connectivity index (χ2v) is 7.23. The third-order valence-electron chi connectivity index (χ3n) is 4.71. The van der Waals surface area contributed by atoms with E-state index in [2.05, 4.69) is 70.3 Å². The van der Waals surface area contributed by atoms with Crippen LogP contribution >= 0.6 is 15.9 Å². The number of rotatable bonds is 4. The fourth-order valence-corrected chi connectivity index (χ4v) is 3.93. The number of hydrogen-bond acceptors (Lipinski definition) is 1. The average Bonchev–Trinajstić information content (AvgIpc) is 3.00. The first-order valence-corrected chi connectivity index (χ1v) is 9.38. The summed E-state index contributed by atoms with van der Waals surface area (Å²) >= 11 is 3.62. The fourth-order valence-electron chi connectivity index (χ4n) is 3.57. The Morgan fingerprint density at radius 2 is 1.72 bits per heavy atom. The zero-order valence-electron chi connectivity index (χ0n) is 14.4. The van der Waals surface area contributed by atoms with Crippen LogP contribution in [0, 0.1) is 0 Å². The van der Waals surface area contributed by atoms with Gasteiger partial charge in [-0.2, -0.15) is 0 Å². The van der Waals surface area contributed by atoms with Gasteiger partial charge in [0, 0.05) is 26.3 Å². The molecule has 4 aromatic rings. The Morgan fingerprint density at radius 3 is 2.44 bits per heavy atom. The van der Waals surface area contributed by atoms with Gasteiger partial charge >= 0.3 is 0 Å². The molecule has 0 fully saturated rings. The minimum Gasteiger partial charge on any atom is -0.497 e. The second-order valence-electron chi connectivity index (χ2n) is 6.32. The Hall–Kier alpha value is -2.26. The quantitative estimate of drug-likeness (QED) is 0.409. The number of aromatic nitrogens is 1. The van der Waals surface area contributed by atoms with Crippen molar-refractivity contribution in [1.82, 2.24) is 4.98 Å². The van der Waals surface area contributed by atoms with Gasteiger partial charge in [0.1, 0.15) is 5.75 Å². The molecule has 0 amide bonds. The molecule has 0 bridgehead atoms. The number of methoxy groups -OCH3 is 1. The van der Waals surface area contributed by atoms with Crippen molar-refractivity contribution in [2.45, 2.75) is 19.8 Å². The van der Waals surface area contributed by atoms with Crippen molar-refractivity contribution in [3.05, 3.63) is 64.6 Å². The van der Waals surface area contributed by atoms with Crippen LogP contribution < -0.4 is 4.74 Å². The van der Waals surface area contributed by atoms with Crippen LogP contribution in [0.4, 0.5) is 0 Å². The van der Waals surface area contributed by atoms with Crippen molar-refractivity contribution in [2.75, 3.05) is 7.11 Å². The largest absolute Gasteiger partial charge is 0.497 e. The fraction of sp³-hybridized carbons (Fsp3) is 0.182. The van der Waals surface area contributed by atoms with Crippen LogP contribution in [0.5, 0.6) is 5.75 Å². The lowest BCUT2D eigenvalue weighted by atomic mass is 9.92. The molecule has 3 heteroatoms. The van der Waals surface area contributed by atoms with E-state index in [9.17, 15) is 0 Å². The molecule has 1 aromatic heterocycles. The predicted octanol–water partition coefficient (Wildman–Crippen LogP) is 6.71. The molecule has 0 saturated carbocycles. The SMILES string of the molecule is CCCc1ccc2[nH]c3ccc(Br)cc3c2c1-c1ccc(OC)cc1. The van der Waals surface area contributed by atoms with Crippen molar-refractivity contribution < 1.29 is 4.74 Å². The summed E-state index contributed by atoms with van der Waals surface area (Å²) < 4.78 is 6.43. The van der Waals surface area contributed by atoms with E-state index in [4.69, 9.17) is 4.74 Å². The topological polar surface area (TPSA) is 25.0 Å². The Kier molecular flexibility index (Phi) is 4.26. The molecule has 0 atom stereocenters. The number of fused-ring (bicyclic) bond motifs is 3. The predicted molar refractivity (Wildman–Crippen MR) is 109 cm³/mol. The minimum absolute atomic E-state index is 0.884. The maximum atomic E-state index is 5.33. The molecule has 0 saturated heterocycles. The van der Waals surface area contributed by atoms with Gasteiger partial charge in [-0.05, 0) is 59.5 Å². The van der Waals surface area contributed by atoms with Gasteiger partial charge in [0.2, 0.25) is 0 Å². The van der Waals surface area contributed by atoms with Crippen LogP contribution in [-0.4, -0.2) is 12.1 Å². The highest BCUT2D eigenvalue weighted by Gasteiger charge is 2.15. The van der Waals surface area contributed by atoms with E-state index in [-0.39, 0.29) is 0 Å². The van der Waals surface area contributed by atoms with Crippen LogP contribution in [0.2, 0.25) is 0 Å². The molecular weight excluding hydrogens is 374 g/mol. The standard InChI is InChI=1S/C22H20BrNO/c1-3-4-14-7-11-20-22(18-13-16(23)8-12-19(18)24-20)21(14)15-5-9-17(25-2)10-6-15/h5-13,24H,3-4H2,1-2H3. The Bertz CT molecular complexity index is 1050. The van der Waals surface area contributed by atoms with Gasteiger partial charge < -0.3 is 9.72 Å². The molecule has 0 aliphatic heterocycles. The lowest BCUT2D eigenvalue weighted by Gasteiger charge is -2.12. The van der Waals surface area contributed by atoms with Crippen LogP contribution in [0.15, 0.2) is 59.1 Å². The molecule has 1 N–H and O–H groups in total. The molecule has 3 aromatic carbocycles. The smallest absolute Gasteiger partial charge is 0.118 e. The van der Waals surface area contributed by atoms with Crippen LogP contribution in [0.1, 0.15) is 18.9 Å². The molecule has 4 rings (SSSR count). The maximum Gasteiger partial charge on any atom is 0.118 e. The summed E-state index contributed by atoms with van der Waals surface area (Å²) in [6.45, 7) is 2.23. The van der Waals surface area contributed by atoms with E-state index in [0.717, 1.165) is 23.1 Å². The maximum absolute atomic E-state index is 5.33. The monoisotopic (exact) mass is 393 g/mol. The summed E-state index contributed by atoms with van der Waals surface area (Å²) in [5.41, 5.74) is 6.29. The molecule has 2 nitrogen and oxygen atoms in total. The van der Waals surface area contributed by atoms with E-state index < -0.39 is 0 Å². The number of H-pyrrole nitrogens is 1. The summed E-state index contributed by atoms with van der Waals surface area (Å²) in [5, 5.41) is 2.56. The number of aromatic amines is 1. The first kappa shape index (κ1) is 16.2. The average molecular weight is 394 g/mol. The lowest BCUT2D eigenvalue weighted by molar-refractivity contribution is 0.415. The molecule has 0 radical (unpaired) electrons. The van der Waals surface area contributed by atoms with Crippen molar-refractivity contribution in [3.63, 3.8) is 0 Å². The highest BCUT2D eigenvalue weighted by molar-refractivity contribution is 9.10. The molecule has 126 valence electrons. The first-order chi connectivity index (χ1) is 12.2. The normalized spacial score (nSPS) is 11.3. The van der Waals surface area contributed by atoms with Crippen molar-refractivity contribution in [3.8, 4) is 16.9 Å². The zero-order chi connectivity index (χ0) is 17.4. The Labute approximate surface area is 156 Å². The van der Waals surface area contributed by atoms with Crippen molar-refractivity contribution >= 4 is 37.7 Å². The second kappa shape index (κ2) is 6.57. The molecule has 0 spiro atoms. The van der Waals surface area contributed by atoms with Crippen LogP contribution in [0.3, 0.4) is 0 Å². The molecular formula is C22H20BrNO. The van der Waals surface area contributed by atoms with Gasteiger partial charge in [-0.25, -0.2) is 0 Å². The van der Waals surface area contributed by atoms with E-state index in [1.54, 1.807) is 7.11 Å². The number of hydrogen-bond donors (Lipinski definition) is 1. The summed E-state index contributed by atoms with van der Waals surface area (Å²) in [4.78, 5) is 3.56. The van der Waals surface area contributed by atoms with E-state index in [1.165, 1.54) is 38.5 Å². The molecule has 0 aliphatic rings. The van der Waals surface area contributed by atoms with E-state index >= 15 is 0 Å². The summed E-state index contributed by atoms with van der Waals surface area (Å²) in [6.07, 6.45) is 2.19. The zero-order valence-corrected chi connectivity index (χ0v) is 16.0. The third-order valence-corrected chi connectivity index (χ3v) is 5.20. The summed E-state index contributed by atoms with van der Waals surface area (Å²) in [5.74, 6) is 0.884. The van der Waals surface area contributed by atoms with Crippen LogP contribution in [-0.2, 0) is 6.42 Å². The van der Waals surface area contributed by atoms with Gasteiger partial charge in [0.15, 0.2) is 0 Å². The Morgan fingerprint density at radius 1 is 0.960 bits per heavy atom. The highest BCUT2D eigenvalue weighted by Crippen LogP contribution is 2.39. The molecule has 25 heavy (non-hydrogen) atoms. The van der Waals surface area contributed by atoms with Gasteiger partial charge in [0.05, 0.1) is 7.11 Å². The summed E-state index contributed by atoms with van der Waals surface area (Å²) in [7, 11) is 1.70. The molecule has 1 heterocycles. The first-order valence-electron chi connectivity index (χ1n) is 8.58. The summed E-state index contributed by atoms with van der Waals surface area (Å²) in [6, 6.07) is 19.3. The lowest BCUT2D eigenvalue weighted by Crippen LogP contribution is -1.91. The number of halogens is 1. The third kappa shape index (κ3) is 2.83. The minimum atomic E-state index is 0.884. The van der Waals surface area contributed by atoms with Gasteiger partial charge in [-0.3, -0.25) is 0 Å².